The fourth-order valence-corrected chi connectivity index (χ4v) is 3.46. The van der Waals surface area contributed by atoms with Gasteiger partial charge in [0.2, 0.25) is 0 Å². The number of nitrogens with one attached hydrogen (secondary N) is 1. The summed E-state index contributed by atoms with van der Waals surface area (Å²) in [6.45, 7) is 11.6. The van der Waals surface area contributed by atoms with Gasteiger partial charge in [0.25, 0.3) is 0 Å². The Morgan fingerprint density at radius 2 is 2.20 bits per heavy atom. The molecule has 2 aliphatic rings. The van der Waals surface area contributed by atoms with E-state index in [1.54, 1.807) is 0 Å². The summed E-state index contributed by atoms with van der Waals surface area (Å²) in [6.07, 6.45) is 5.31. The molecule has 3 atom stereocenters. The van der Waals surface area contributed by atoms with Crippen LogP contribution in [0.25, 0.3) is 0 Å². The van der Waals surface area contributed by atoms with Gasteiger partial charge in [0.1, 0.15) is 0 Å². The molecule has 3 unspecified atom stereocenters. The minimum absolute atomic E-state index is 0.445. The van der Waals surface area contributed by atoms with E-state index in [0.717, 1.165) is 45.9 Å². The zero-order chi connectivity index (χ0) is 14.2. The molecule has 4 heteroatoms. The van der Waals surface area contributed by atoms with Crippen molar-refractivity contribution in [1.29, 1.82) is 0 Å². The van der Waals surface area contributed by atoms with E-state index >= 15 is 0 Å². The third-order valence-electron chi connectivity index (χ3n) is 4.49. The van der Waals surface area contributed by atoms with Crippen molar-refractivity contribution in [3.05, 3.63) is 0 Å². The van der Waals surface area contributed by atoms with Crippen LogP contribution in [0.4, 0.5) is 0 Å². The molecule has 0 saturated carbocycles. The molecule has 2 rings (SSSR count). The van der Waals surface area contributed by atoms with Crippen molar-refractivity contribution in [2.24, 2.45) is 5.92 Å². The number of hydrogen-bond acceptors (Lipinski definition) is 4. The molecule has 0 radical (unpaired) electrons. The van der Waals surface area contributed by atoms with Crippen LogP contribution in [0, 0.1) is 5.92 Å². The SMILES string of the molecule is CCCNC1CCOCC1CN1CCCC(OCC)C1. The molecule has 4 nitrogen and oxygen atoms in total. The predicted molar refractivity (Wildman–Crippen MR) is 82.1 cm³/mol. The molecule has 2 aliphatic heterocycles. The fourth-order valence-electron chi connectivity index (χ4n) is 3.46. The lowest BCUT2D eigenvalue weighted by atomic mass is 9.94. The quantitative estimate of drug-likeness (QED) is 0.774. The van der Waals surface area contributed by atoms with Gasteiger partial charge in [-0.1, -0.05) is 6.92 Å². The highest BCUT2D eigenvalue weighted by molar-refractivity contribution is 4.84. The number of rotatable bonds is 7. The van der Waals surface area contributed by atoms with Crippen LogP contribution < -0.4 is 5.32 Å². The number of hydrogen-bond donors (Lipinski definition) is 1. The molecular weight excluding hydrogens is 252 g/mol. The van der Waals surface area contributed by atoms with Gasteiger partial charge in [0, 0.05) is 38.3 Å². The van der Waals surface area contributed by atoms with Crippen molar-refractivity contribution in [2.45, 2.75) is 51.7 Å². The van der Waals surface area contributed by atoms with Crippen LogP contribution >= 0.6 is 0 Å². The van der Waals surface area contributed by atoms with E-state index in [9.17, 15) is 0 Å². The molecule has 118 valence electrons. The van der Waals surface area contributed by atoms with Crippen LogP contribution in [0.5, 0.6) is 0 Å². The largest absolute Gasteiger partial charge is 0.381 e. The minimum Gasteiger partial charge on any atom is -0.381 e. The van der Waals surface area contributed by atoms with Crippen molar-refractivity contribution >= 4 is 0 Å². The molecule has 2 saturated heterocycles. The van der Waals surface area contributed by atoms with Gasteiger partial charge < -0.3 is 19.7 Å². The Morgan fingerprint density at radius 3 is 3.00 bits per heavy atom. The molecule has 2 fully saturated rings. The lowest BCUT2D eigenvalue weighted by Crippen LogP contribution is -2.50. The normalized spacial score (nSPS) is 32.4. The maximum absolute atomic E-state index is 5.81. The molecule has 0 bridgehead atoms. The van der Waals surface area contributed by atoms with Gasteiger partial charge in [-0.3, -0.25) is 0 Å². The lowest BCUT2D eigenvalue weighted by molar-refractivity contribution is -0.0203. The highest BCUT2D eigenvalue weighted by Gasteiger charge is 2.29. The second-order valence-corrected chi connectivity index (χ2v) is 6.16. The minimum atomic E-state index is 0.445. The monoisotopic (exact) mass is 284 g/mol. The third-order valence-corrected chi connectivity index (χ3v) is 4.49. The Hall–Kier alpha value is -0.160. The smallest absolute Gasteiger partial charge is 0.0702 e. The summed E-state index contributed by atoms with van der Waals surface area (Å²) in [6, 6.07) is 0.635. The van der Waals surface area contributed by atoms with Crippen LogP contribution in [-0.2, 0) is 9.47 Å². The highest BCUT2D eigenvalue weighted by Crippen LogP contribution is 2.20. The second kappa shape index (κ2) is 8.98. The Bertz CT molecular complexity index is 261. The standard InChI is InChI=1S/C16H32N2O2/c1-3-8-17-16-7-10-19-13-14(16)11-18-9-5-6-15(12-18)20-4-2/h14-17H,3-13H2,1-2H3. The molecule has 2 heterocycles. The van der Waals surface area contributed by atoms with Crippen molar-refractivity contribution in [1.82, 2.24) is 10.2 Å². The first-order chi connectivity index (χ1) is 9.83. The van der Waals surface area contributed by atoms with Crippen molar-refractivity contribution in [3.8, 4) is 0 Å². The average molecular weight is 284 g/mol. The molecular formula is C16H32N2O2. The predicted octanol–water partition coefficient (Wildman–Crippen LogP) is 1.89. The Balaban J connectivity index is 1.79. The molecule has 1 N–H and O–H groups in total. The summed E-state index contributed by atoms with van der Waals surface area (Å²) >= 11 is 0. The topological polar surface area (TPSA) is 33.7 Å². The summed E-state index contributed by atoms with van der Waals surface area (Å²) < 4.78 is 11.5. The summed E-state index contributed by atoms with van der Waals surface area (Å²) in [4.78, 5) is 2.59. The van der Waals surface area contributed by atoms with E-state index in [4.69, 9.17) is 9.47 Å². The van der Waals surface area contributed by atoms with Gasteiger partial charge in [0.15, 0.2) is 0 Å². The summed E-state index contributed by atoms with van der Waals surface area (Å²) in [5, 5.41) is 3.71. The Kier molecular flexibility index (Phi) is 7.28. The van der Waals surface area contributed by atoms with Crippen LogP contribution in [0.2, 0.25) is 0 Å². The van der Waals surface area contributed by atoms with Crippen molar-refractivity contribution in [3.63, 3.8) is 0 Å². The molecule has 0 amide bonds. The third kappa shape index (κ3) is 4.99. The van der Waals surface area contributed by atoms with Crippen molar-refractivity contribution < 1.29 is 9.47 Å². The van der Waals surface area contributed by atoms with Crippen LogP contribution in [-0.4, -0.2) is 63.0 Å². The highest BCUT2D eigenvalue weighted by atomic mass is 16.5. The zero-order valence-corrected chi connectivity index (χ0v) is 13.3. The number of ether oxygens (including phenoxy) is 2. The molecule has 0 aromatic rings. The van der Waals surface area contributed by atoms with E-state index in [0.29, 0.717) is 18.1 Å². The van der Waals surface area contributed by atoms with E-state index in [1.165, 1.54) is 25.8 Å². The summed E-state index contributed by atoms with van der Waals surface area (Å²) in [5.41, 5.74) is 0. The van der Waals surface area contributed by atoms with Crippen LogP contribution in [0.3, 0.4) is 0 Å². The maximum Gasteiger partial charge on any atom is 0.0702 e. The van der Waals surface area contributed by atoms with Crippen molar-refractivity contribution in [2.75, 3.05) is 46.0 Å². The van der Waals surface area contributed by atoms with E-state index < -0.39 is 0 Å². The van der Waals surface area contributed by atoms with Crippen LogP contribution in [0.15, 0.2) is 0 Å². The first kappa shape index (κ1) is 16.2. The van der Waals surface area contributed by atoms with Gasteiger partial charge in [-0.05, 0) is 45.7 Å². The molecule has 0 spiro atoms. The Morgan fingerprint density at radius 1 is 1.30 bits per heavy atom. The lowest BCUT2D eigenvalue weighted by Gasteiger charge is -2.39. The maximum atomic E-state index is 5.81. The number of piperidine rings is 1. The summed E-state index contributed by atoms with van der Waals surface area (Å²) in [7, 11) is 0. The number of nitrogens with zero attached hydrogens (tertiary/aromatic N) is 1. The molecule has 0 aromatic heterocycles. The van der Waals surface area contributed by atoms with Gasteiger partial charge >= 0.3 is 0 Å². The molecule has 0 aliphatic carbocycles. The van der Waals surface area contributed by atoms with E-state index in [1.807, 2.05) is 0 Å². The van der Waals surface area contributed by atoms with Crippen LogP contribution in [0.1, 0.15) is 39.5 Å². The first-order valence-corrected chi connectivity index (χ1v) is 8.48. The number of likely N-dealkylation sites (tertiary alicyclic amines) is 1. The first-order valence-electron chi connectivity index (χ1n) is 8.48. The van der Waals surface area contributed by atoms with Gasteiger partial charge in [0.05, 0.1) is 12.7 Å². The molecule has 0 aromatic carbocycles. The second-order valence-electron chi connectivity index (χ2n) is 6.16. The summed E-state index contributed by atoms with van der Waals surface area (Å²) in [5.74, 6) is 0.635. The van der Waals surface area contributed by atoms with Gasteiger partial charge in [-0.15, -0.1) is 0 Å². The Labute approximate surface area is 124 Å². The van der Waals surface area contributed by atoms with E-state index in [2.05, 4.69) is 24.1 Å². The fraction of sp³-hybridized carbons (Fsp3) is 1.00. The zero-order valence-electron chi connectivity index (χ0n) is 13.3. The van der Waals surface area contributed by atoms with Gasteiger partial charge in [-0.2, -0.15) is 0 Å². The average Bonchev–Trinajstić information content (AvgIpc) is 2.47. The van der Waals surface area contributed by atoms with Gasteiger partial charge in [-0.25, -0.2) is 0 Å². The molecule has 20 heavy (non-hydrogen) atoms. The van der Waals surface area contributed by atoms with E-state index in [-0.39, 0.29) is 0 Å².